The summed E-state index contributed by atoms with van der Waals surface area (Å²) in [5.74, 6) is -2.00. The monoisotopic (exact) mass is 257 g/mol. The van der Waals surface area contributed by atoms with Gasteiger partial charge in [-0.25, -0.2) is 4.79 Å². The van der Waals surface area contributed by atoms with Crippen molar-refractivity contribution >= 4 is 17.8 Å². The highest BCUT2D eigenvalue weighted by Crippen LogP contribution is 2.35. The molecule has 0 aromatic rings. The Morgan fingerprint density at radius 1 is 1.33 bits per heavy atom. The van der Waals surface area contributed by atoms with E-state index in [0.717, 1.165) is 0 Å². The molecule has 1 saturated carbocycles. The van der Waals surface area contributed by atoms with Crippen molar-refractivity contribution in [1.29, 1.82) is 0 Å². The van der Waals surface area contributed by atoms with Gasteiger partial charge in [0.15, 0.2) is 0 Å². The molecule has 1 rings (SSSR count). The van der Waals surface area contributed by atoms with Gasteiger partial charge in [0.05, 0.1) is 12.6 Å². The van der Waals surface area contributed by atoms with Crippen molar-refractivity contribution in [3.05, 3.63) is 0 Å². The van der Waals surface area contributed by atoms with Crippen LogP contribution in [0.2, 0.25) is 0 Å². The van der Waals surface area contributed by atoms with Crippen molar-refractivity contribution in [2.75, 3.05) is 6.54 Å². The molecule has 0 aromatic carbocycles. The van der Waals surface area contributed by atoms with Gasteiger partial charge in [-0.15, -0.1) is 0 Å². The van der Waals surface area contributed by atoms with Crippen molar-refractivity contribution in [1.82, 2.24) is 10.6 Å². The lowest BCUT2D eigenvalue weighted by molar-refractivity contribution is -0.143. The van der Waals surface area contributed by atoms with E-state index in [1.165, 1.54) is 0 Å². The molecule has 1 aliphatic carbocycles. The van der Waals surface area contributed by atoms with Gasteiger partial charge >= 0.3 is 5.97 Å². The molecule has 0 radical (unpaired) electrons. The number of aliphatic carboxylic acids is 1. The first-order valence-electron chi connectivity index (χ1n) is 5.86. The number of rotatable bonds is 6. The third kappa shape index (κ3) is 3.43. The first-order valence-corrected chi connectivity index (χ1v) is 5.86. The van der Waals surface area contributed by atoms with Gasteiger partial charge < -0.3 is 21.5 Å². The lowest BCUT2D eigenvalue weighted by atomic mass is 10.1. The Bertz CT molecular complexity index is 363. The van der Waals surface area contributed by atoms with Gasteiger partial charge in [-0.3, -0.25) is 9.59 Å². The third-order valence-electron chi connectivity index (χ3n) is 2.98. The molecule has 0 saturated heterocycles. The lowest BCUT2D eigenvalue weighted by Crippen LogP contribution is -2.50. The number of hydrogen-bond acceptors (Lipinski definition) is 4. The van der Waals surface area contributed by atoms with Crippen LogP contribution in [-0.2, 0) is 14.4 Å². The maximum atomic E-state index is 11.5. The fourth-order valence-electron chi connectivity index (χ4n) is 1.42. The predicted octanol–water partition coefficient (Wildman–Crippen LogP) is -1.18. The summed E-state index contributed by atoms with van der Waals surface area (Å²) in [5, 5.41) is 13.6. The summed E-state index contributed by atoms with van der Waals surface area (Å²) >= 11 is 0. The van der Waals surface area contributed by atoms with Gasteiger partial charge in [-0.1, -0.05) is 13.8 Å². The number of carbonyl (C=O) groups is 3. The number of nitrogens with one attached hydrogen (secondary N) is 2. The van der Waals surface area contributed by atoms with Crippen LogP contribution in [0.15, 0.2) is 0 Å². The van der Waals surface area contributed by atoms with Crippen molar-refractivity contribution in [2.45, 2.75) is 38.3 Å². The molecule has 0 spiro atoms. The summed E-state index contributed by atoms with van der Waals surface area (Å²) < 4.78 is 0. The first-order chi connectivity index (χ1) is 8.28. The minimum Gasteiger partial charge on any atom is -0.480 e. The molecular weight excluding hydrogens is 238 g/mol. The maximum Gasteiger partial charge on any atom is 0.329 e. The van der Waals surface area contributed by atoms with E-state index in [1.54, 1.807) is 13.8 Å². The Morgan fingerprint density at radius 3 is 2.28 bits per heavy atom. The van der Waals surface area contributed by atoms with Crippen LogP contribution in [0.5, 0.6) is 0 Å². The standard InChI is InChI=1S/C11H19N3O4/c1-6(2)8(12)9(16)13-5-7(15)14-11(3-4-11)10(17)18/h6,8H,3-5,12H2,1-2H3,(H,13,16)(H,14,15)(H,17,18)/t8-/m0/s1. The lowest BCUT2D eigenvalue weighted by Gasteiger charge is -2.16. The SMILES string of the molecule is CC(C)[C@H](N)C(=O)NCC(=O)NC1(C(=O)O)CC1. The van der Waals surface area contributed by atoms with Gasteiger partial charge in [-0.2, -0.15) is 0 Å². The zero-order valence-corrected chi connectivity index (χ0v) is 10.5. The van der Waals surface area contributed by atoms with E-state index in [9.17, 15) is 14.4 Å². The molecule has 0 aromatic heterocycles. The quantitative estimate of drug-likeness (QED) is 0.477. The van der Waals surface area contributed by atoms with Crippen LogP contribution >= 0.6 is 0 Å². The van der Waals surface area contributed by atoms with Crippen LogP contribution < -0.4 is 16.4 Å². The number of nitrogens with two attached hydrogens (primary N) is 1. The molecule has 0 unspecified atom stereocenters. The van der Waals surface area contributed by atoms with Crippen LogP contribution in [-0.4, -0.2) is 41.0 Å². The molecule has 1 aliphatic rings. The van der Waals surface area contributed by atoms with Crippen molar-refractivity contribution < 1.29 is 19.5 Å². The van der Waals surface area contributed by atoms with Crippen LogP contribution in [0, 0.1) is 5.92 Å². The highest BCUT2D eigenvalue weighted by Gasteiger charge is 2.51. The summed E-state index contributed by atoms with van der Waals surface area (Å²) in [6.45, 7) is 3.34. The van der Waals surface area contributed by atoms with E-state index in [0.29, 0.717) is 12.8 Å². The fraction of sp³-hybridized carbons (Fsp3) is 0.727. The molecule has 0 heterocycles. The highest BCUT2D eigenvalue weighted by molar-refractivity contribution is 5.92. The normalized spacial score (nSPS) is 18.0. The Morgan fingerprint density at radius 2 is 1.89 bits per heavy atom. The Hall–Kier alpha value is -1.63. The van der Waals surface area contributed by atoms with E-state index in [1.807, 2.05) is 0 Å². The van der Waals surface area contributed by atoms with Crippen LogP contribution in [0.3, 0.4) is 0 Å². The van der Waals surface area contributed by atoms with Crippen molar-refractivity contribution in [2.24, 2.45) is 11.7 Å². The van der Waals surface area contributed by atoms with E-state index >= 15 is 0 Å². The topological polar surface area (TPSA) is 122 Å². The Labute approximate surface area is 105 Å². The second-order valence-corrected chi connectivity index (χ2v) is 4.92. The first kappa shape index (κ1) is 14.4. The molecule has 5 N–H and O–H groups in total. The second-order valence-electron chi connectivity index (χ2n) is 4.92. The number of carbonyl (C=O) groups excluding carboxylic acids is 2. The minimum atomic E-state index is -1.12. The molecule has 1 fully saturated rings. The maximum absolute atomic E-state index is 11.5. The molecular formula is C11H19N3O4. The van der Waals surface area contributed by atoms with E-state index in [-0.39, 0.29) is 12.5 Å². The van der Waals surface area contributed by atoms with Crippen LogP contribution in [0.25, 0.3) is 0 Å². The highest BCUT2D eigenvalue weighted by atomic mass is 16.4. The predicted molar refractivity (Wildman–Crippen MR) is 63.6 cm³/mol. The van der Waals surface area contributed by atoms with Crippen LogP contribution in [0.1, 0.15) is 26.7 Å². The van der Waals surface area contributed by atoms with Gasteiger partial charge in [0, 0.05) is 0 Å². The average molecular weight is 257 g/mol. The number of hydrogen-bond donors (Lipinski definition) is 4. The molecule has 0 bridgehead atoms. The van der Waals surface area contributed by atoms with E-state index in [2.05, 4.69) is 10.6 Å². The fourth-order valence-corrected chi connectivity index (χ4v) is 1.42. The molecule has 7 nitrogen and oxygen atoms in total. The Balaban J connectivity index is 2.34. The van der Waals surface area contributed by atoms with Crippen molar-refractivity contribution in [3.8, 4) is 0 Å². The van der Waals surface area contributed by atoms with Gasteiger partial charge in [0.1, 0.15) is 5.54 Å². The molecule has 102 valence electrons. The summed E-state index contributed by atoms with van der Waals surface area (Å²) in [6.07, 6.45) is 0.848. The third-order valence-corrected chi connectivity index (χ3v) is 2.98. The van der Waals surface area contributed by atoms with E-state index in [4.69, 9.17) is 10.8 Å². The minimum absolute atomic E-state index is 0.0261. The molecule has 1 atom stereocenters. The van der Waals surface area contributed by atoms with Gasteiger partial charge in [0.2, 0.25) is 11.8 Å². The van der Waals surface area contributed by atoms with Gasteiger partial charge in [-0.05, 0) is 18.8 Å². The average Bonchev–Trinajstić information content (AvgIpc) is 3.05. The van der Waals surface area contributed by atoms with Gasteiger partial charge in [0.25, 0.3) is 0 Å². The summed E-state index contributed by atoms with van der Waals surface area (Å²) in [5.41, 5.74) is 4.47. The number of carboxylic acid groups (broad SMARTS) is 1. The Kier molecular flexibility index (Phi) is 4.28. The number of carboxylic acids is 1. The summed E-state index contributed by atoms with van der Waals surface area (Å²) in [6, 6.07) is -0.674. The molecule has 18 heavy (non-hydrogen) atoms. The second kappa shape index (κ2) is 5.34. The largest absolute Gasteiger partial charge is 0.480 e. The number of amides is 2. The van der Waals surface area contributed by atoms with Crippen molar-refractivity contribution in [3.63, 3.8) is 0 Å². The molecule has 0 aliphatic heterocycles. The van der Waals surface area contributed by atoms with Crippen LogP contribution in [0.4, 0.5) is 0 Å². The molecule has 2 amide bonds. The van der Waals surface area contributed by atoms with E-state index < -0.39 is 29.4 Å². The molecule has 7 heteroatoms. The zero-order valence-electron chi connectivity index (χ0n) is 10.5. The summed E-state index contributed by atoms with van der Waals surface area (Å²) in [4.78, 5) is 33.8. The smallest absolute Gasteiger partial charge is 0.329 e. The summed E-state index contributed by atoms with van der Waals surface area (Å²) in [7, 11) is 0. The zero-order chi connectivity index (χ0) is 13.9.